The molecule has 6 nitrogen and oxygen atoms in total. The second-order valence-electron chi connectivity index (χ2n) is 6.18. The lowest BCUT2D eigenvalue weighted by molar-refractivity contribution is 0.138. The van der Waals surface area contributed by atoms with Gasteiger partial charge in [-0.15, -0.1) is 24.0 Å². The van der Waals surface area contributed by atoms with E-state index in [0.29, 0.717) is 25.0 Å². The molecule has 0 radical (unpaired) electrons. The molecule has 1 atom stereocenters. The van der Waals surface area contributed by atoms with Gasteiger partial charge in [0.15, 0.2) is 5.96 Å². The van der Waals surface area contributed by atoms with Gasteiger partial charge in [-0.3, -0.25) is 0 Å². The van der Waals surface area contributed by atoms with Crippen LogP contribution in [0.4, 0.5) is 0 Å². The Morgan fingerprint density at radius 3 is 2.83 bits per heavy atom. The highest BCUT2D eigenvalue weighted by atomic mass is 127. The summed E-state index contributed by atoms with van der Waals surface area (Å²) in [5.41, 5.74) is 7.21. The minimum atomic E-state index is 0. The van der Waals surface area contributed by atoms with Crippen LogP contribution in [0.15, 0.2) is 23.3 Å². The Balaban J connectivity index is 0.00000208. The van der Waals surface area contributed by atoms with Crippen LogP contribution < -0.4 is 10.5 Å². The van der Waals surface area contributed by atoms with Gasteiger partial charge < -0.3 is 20.1 Å². The Hall–Kier alpha value is -1.09. The van der Waals surface area contributed by atoms with E-state index in [1.807, 2.05) is 12.1 Å². The summed E-state index contributed by atoms with van der Waals surface area (Å²) in [4.78, 5) is 11.0. The number of likely N-dealkylation sites (tertiary alicyclic amines) is 1. The van der Waals surface area contributed by atoms with Gasteiger partial charge in [0, 0.05) is 31.8 Å². The average molecular weight is 446 g/mol. The van der Waals surface area contributed by atoms with E-state index in [1.165, 1.54) is 25.7 Å². The van der Waals surface area contributed by atoms with Gasteiger partial charge in [-0.2, -0.15) is 0 Å². The molecule has 1 unspecified atom stereocenters. The Morgan fingerprint density at radius 2 is 2.12 bits per heavy atom. The first-order chi connectivity index (χ1) is 11.3. The summed E-state index contributed by atoms with van der Waals surface area (Å²) in [7, 11) is 0. The standard InChI is InChI=1S/C17H26N4O2.HI/c18-17(21-8-3-1-2-4-9-21)20-12-14-5-7-19-16(11-14)23-15-6-10-22-13-15;/h5,7,11,15H,1-4,6,8-10,12-13H2,(H2,18,20);1H. The predicted molar refractivity (Wildman–Crippen MR) is 105 cm³/mol. The van der Waals surface area contributed by atoms with Crippen LogP contribution >= 0.6 is 24.0 Å². The van der Waals surface area contributed by atoms with Gasteiger partial charge in [-0.25, -0.2) is 9.98 Å². The van der Waals surface area contributed by atoms with Gasteiger partial charge in [0.2, 0.25) is 5.88 Å². The molecule has 0 aliphatic carbocycles. The van der Waals surface area contributed by atoms with E-state index in [-0.39, 0.29) is 30.1 Å². The molecule has 1 aromatic heterocycles. The lowest BCUT2D eigenvalue weighted by atomic mass is 10.2. The van der Waals surface area contributed by atoms with Crippen LogP contribution in [0.5, 0.6) is 5.88 Å². The lowest BCUT2D eigenvalue weighted by Gasteiger charge is -2.21. The van der Waals surface area contributed by atoms with E-state index < -0.39 is 0 Å². The normalized spacial score (nSPS) is 21.9. The van der Waals surface area contributed by atoms with Crippen molar-refractivity contribution in [2.24, 2.45) is 10.7 Å². The molecule has 134 valence electrons. The summed E-state index contributed by atoms with van der Waals surface area (Å²) in [6.45, 7) is 4.00. The molecule has 3 heterocycles. The number of ether oxygens (including phenoxy) is 2. The number of hydrogen-bond donors (Lipinski definition) is 1. The first-order valence-electron chi connectivity index (χ1n) is 8.55. The van der Waals surface area contributed by atoms with Crippen LogP contribution in [0.2, 0.25) is 0 Å². The molecule has 0 aromatic carbocycles. The third-order valence-electron chi connectivity index (χ3n) is 4.33. The zero-order chi connectivity index (χ0) is 15.9. The maximum Gasteiger partial charge on any atom is 0.213 e. The maximum atomic E-state index is 6.15. The molecule has 2 aliphatic heterocycles. The number of hydrogen-bond acceptors (Lipinski definition) is 4. The Labute approximate surface area is 160 Å². The summed E-state index contributed by atoms with van der Waals surface area (Å²) in [6, 6.07) is 3.90. The molecule has 3 rings (SSSR count). The van der Waals surface area contributed by atoms with E-state index in [9.17, 15) is 0 Å². The van der Waals surface area contributed by atoms with E-state index in [0.717, 1.165) is 31.7 Å². The average Bonchev–Trinajstić information content (AvgIpc) is 2.92. The molecule has 2 fully saturated rings. The highest BCUT2D eigenvalue weighted by molar-refractivity contribution is 14.0. The molecule has 2 N–H and O–H groups in total. The fourth-order valence-electron chi connectivity index (χ4n) is 2.96. The number of aromatic nitrogens is 1. The number of halogens is 1. The second kappa shape index (κ2) is 10.0. The molecular formula is C17H27IN4O2. The monoisotopic (exact) mass is 446 g/mol. The fraction of sp³-hybridized carbons (Fsp3) is 0.647. The zero-order valence-corrected chi connectivity index (χ0v) is 16.4. The van der Waals surface area contributed by atoms with Crippen molar-refractivity contribution < 1.29 is 9.47 Å². The van der Waals surface area contributed by atoms with Crippen LogP contribution in [0, 0.1) is 0 Å². The highest BCUT2D eigenvalue weighted by Crippen LogP contribution is 2.16. The van der Waals surface area contributed by atoms with Crippen LogP contribution in [-0.2, 0) is 11.3 Å². The molecule has 24 heavy (non-hydrogen) atoms. The lowest BCUT2D eigenvalue weighted by Crippen LogP contribution is -2.38. The highest BCUT2D eigenvalue weighted by Gasteiger charge is 2.17. The van der Waals surface area contributed by atoms with E-state index in [1.54, 1.807) is 6.20 Å². The van der Waals surface area contributed by atoms with Gasteiger partial charge in [0.25, 0.3) is 0 Å². The van der Waals surface area contributed by atoms with Gasteiger partial charge in [-0.1, -0.05) is 12.8 Å². The van der Waals surface area contributed by atoms with Crippen LogP contribution in [0.1, 0.15) is 37.7 Å². The number of aliphatic imine (C=N–C) groups is 1. The van der Waals surface area contributed by atoms with Gasteiger partial charge in [-0.05, 0) is 24.5 Å². The molecule has 2 saturated heterocycles. The van der Waals surface area contributed by atoms with Gasteiger partial charge >= 0.3 is 0 Å². The third kappa shape index (κ3) is 5.77. The first kappa shape index (κ1) is 19.2. The smallest absolute Gasteiger partial charge is 0.213 e. The Bertz CT molecular complexity index is 527. The van der Waals surface area contributed by atoms with Crippen LogP contribution in [-0.4, -0.2) is 48.3 Å². The van der Waals surface area contributed by atoms with Gasteiger partial charge in [0.05, 0.1) is 19.8 Å². The SMILES string of the molecule is I.NC(=NCc1ccnc(OC2CCOC2)c1)N1CCCCCC1. The minimum absolute atomic E-state index is 0. The number of nitrogens with two attached hydrogens (primary N) is 1. The minimum Gasteiger partial charge on any atom is -0.472 e. The molecular weight excluding hydrogens is 419 g/mol. The van der Waals surface area contributed by atoms with E-state index in [4.69, 9.17) is 15.2 Å². The van der Waals surface area contributed by atoms with Crippen molar-refractivity contribution in [1.82, 2.24) is 9.88 Å². The number of rotatable bonds is 4. The third-order valence-corrected chi connectivity index (χ3v) is 4.33. The summed E-state index contributed by atoms with van der Waals surface area (Å²) >= 11 is 0. The number of pyridine rings is 1. The molecule has 0 saturated carbocycles. The van der Waals surface area contributed by atoms with Crippen LogP contribution in [0.3, 0.4) is 0 Å². The Kier molecular flexibility index (Phi) is 8.04. The van der Waals surface area contributed by atoms with E-state index in [2.05, 4.69) is 14.9 Å². The summed E-state index contributed by atoms with van der Waals surface area (Å²) in [5.74, 6) is 1.29. The van der Waals surface area contributed by atoms with Crippen molar-refractivity contribution in [3.8, 4) is 5.88 Å². The molecule has 0 amide bonds. The number of guanidine groups is 1. The molecule has 0 bridgehead atoms. The van der Waals surface area contributed by atoms with Crippen molar-refractivity contribution >= 4 is 29.9 Å². The second-order valence-corrected chi connectivity index (χ2v) is 6.18. The zero-order valence-electron chi connectivity index (χ0n) is 14.0. The molecule has 0 spiro atoms. The fourth-order valence-corrected chi connectivity index (χ4v) is 2.96. The topological polar surface area (TPSA) is 73.0 Å². The van der Waals surface area contributed by atoms with Gasteiger partial charge in [0.1, 0.15) is 6.10 Å². The van der Waals surface area contributed by atoms with E-state index >= 15 is 0 Å². The summed E-state index contributed by atoms with van der Waals surface area (Å²) < 4.78 is 11.1. The van der Waals surface area contributed by atoms with Crippen molar-refractivity contribution in [2.75, 3.05) is 26.3 Å². The predicted octanol–water partition coefficient (Wildman–Crippen LogP) is 2.56. The quantitative estimate of drug-likeness (QED) is 0.437. The van der Waals surface area contributed by atoms with Crippen LogP contribution in [0.25, 0.3) is 0 Å². The largest absolute Gasteiger partial charge is 0.472 e. The van der Waals surface area contributed by atoms with Crippen molar-refractivity contribution in [1.29, 1.82) is 0 Å². The molecule has 1 aromatic rings. The first-order valence-corrected chi connectivity index (χ1v) is 8.55. The number of nitrogens with zero attached hydrogens (tertiary/aromatic N) is 3. The van der Waals surface area contributed by atoms with Crippen molar-refractivity contribution in [2.45, 2.75) is 44.8 Å². The summed E-state index contributed by atoms with van der Waals surface area (Å²) in [6.07, 6.45) is 7.78. The maximum absolute atomic E-state index is 6.15. The summed E-state index contributed by atoms with van der Waals surface area (Å²) in [5, 5.41) is 0. The molecule has 7 heteroatoms. The molecule has 2 aliphatic rings. The Morgan fingerprint density at radius 1 is 1.33 bits per heavy atom. The van der Waals surface area contributed by atoms with Crippen molar-refractivity contribution in [3.63, 3.8) is 0 Å². The van der Waals surface area contributed by atoms with Crippen molar-refractivity contribution in [3.05, 3.63) is 23.9 Å².